The Morgan fingerprint density at radius 2 is 1.55 bits per heavy atom. The van der Waals surface area contributed by atoms with Crippen molar-refractivity contribution in [1.82, 2.24) is 20.9 Å². The van der Waals surface area contributed by atoms with E-state index >= 15 is 0 Å². The molecule has 22 nitrogen and oxygen atoms in total. The minimum atomic E-state index is -1.49. The molecule has 0 radical (unpaired) electrons. The number of hydrogen-bond acceptors (Lipinski definition) is 15. The minimum Gasteiger partial charge on any atom is -0.444 e. The van der Waals surface area contributed by atoms with Crippen LogP contribution in [-0.2, 0) is 67.4 Å². The zero-order chi connectivity index (χ0) is 62.4. The number of rotatable bonds is 25. The molecular formula is C65H79N7O15. The summed E-state index contributed by atoms with van der Waals surface area (Å²) in [7, 11) is 0. The molecular weight excluding hydrogens is 1120 g/mol. The van der Waals surface area contributed by atoms with Crippen molar-refractivity contribution >= 4 is 64.6 Å². The predicted octanol–water partition coefficient (Wildman–Crippen LogP) is 5.62. The molecule has 464 valence electrons. The molecule has 6 aliphatic rings. The molecule has 11 atom stereocenters. The number of allylic oxidation sites excluding steroid dienone is 4. The van der Waals surface area contributed by atoms with E-state index in [0.717, 1.165) is 28.0 Å². The van der Waals surface area contributed by atoms with Gasteiger partial charge in [-0.2, -0.15) is 0 Å². The zero-order valence-electron chi connectivity index (χ0n) is 49.5. The maximum Gasteiger partial charge on any atom is 0.411 e. The number of anilines is 2. The standard InChI is InChI=1S/C65H79N7O15/c1-37(2)57(71-53(78)10-6-5-7-28-72-54(79)23-24-55(72)80)59(82)69-48(9-8-27-67-61(66)83)58(81)68-44-20-14-39(15-21-44)36-85-62(84)70-49-30-40(13-18-42(49)34-73)29-38-11-16-41(17-12-38)60-86-52-32-47-46-22-19-43-31-45(75)25-26-63(43,3)56(46)50(76)33-64(47,4)65(52,87-60)51(77)35-74/h11-18,20-21,23-26,30-31,37,46-48,50,52,56-57,60,73-74,76H,5-10,19,22,27-29,32-36H2,1-4H3,(H,68,81)(H,69,82)(H,70,84)(H,71,78)(H3,66,67,83)/t46-,47-,48-,50-,52+,56+,57-,60+,63-,64-,65+/m0/s1. The van der Waals surface area contributed by atoms with E-state index in [2.05, 4.69) is 33.5 Å². The van der Waals surface area contributed by atoms with Crippen LogP contribution in [-0.4, -0.2) is 123 Å². The van der Waals surface area contributed by atoms with E-state index in [1.807, 2.05) is 43.3 Å². The van der Waals surface area contributed by atoms with E-state index in [0.29, 0.717) is 66.6 Å². The van der Waals surface area contributed by atoms with Gasteiger partial charge in [0.15, 0.2) is 23.5 Å². The van der Waals surface area contributed by atoms with Crippen molar-refractivity contribution in [3.05, 3.63) is 131 Å². The number of aliphatic hydroxyl groups excluding tert-OH is 3. The van der Waals surface area contributed by atoms with E-state index in [1.54, 1.807) is 62.4 Å². The number of ketones is 2. The van der Waals surface area contributed by atoms with Crippen molar-refractivity contribution < 1.29 is 72.7 Å². The molecule has 3 saturated carbocycles. The van der Waals surface area contributed by atoms with Gasteiger partial charge < -0.3 is 56.5 Å². The molecule has 1 saturated heterocycles. The van der Waals surface area contributed by atoms with Crippen LogP contribution in [0.25, 0.3) is 0 Å². The molecule has 9 rings (SSSR count). The second-order valence-corrected chi connectivity index (χ2v) is 24.5. The molecule has 8 amide bonds. The highest BCUT2D eigenvalue weighted by atomic mass is 16.7. The lowest BCUT2D eigenvalue weighted by Crippen LogP contribution is -2.63. The second-order valence-electron chi connectivity index (χ2n) is 24.5. The lowest BCUT2D eigenvalue weighted by Gasteiger charge is -2.59. The molecule has 0 bridgehead atoms. The van der Waals surface area contributed by atoms with Crippen molar-refractivity contribution in [3.8, 4) is 0 Å². The fraction of sp³-hybridized carbons (Fsp3) is 0.492. The van der Waals surface area contributed by atoms with Gasteiger partial charge in [-0.05, 0) is 123 Å². The normalized spacial score (nSPS) is 26.6. The lowest BCUT2D eigenvalue weighted by atomic mass is 9.46. The quantitative estimate of drug-likeness (QED) is 0.0367. The van der Waals surface area contributed by atoms with Crippen LogP contribution in [0.1, 0.15) is 126 Å². The Labute approximate surface area is 505 Å². The molecule has 4 aliphatic carbocycles. The van der Waals surface area contributed by atoms with Gasteiger partial charge in [0, 0.05) is 70.9 Å². The average molecular weight is 1200 g/mol. The summed E-state index contributed by atoms with van der Waals surface area (Å²) in [5.74, 6) is -3.30. The number of carbonyl (C=O) groups excluding carboxylic acids is 9. The number of aliphatic hydroxyl groups is 3. The van der Waals surface area contributed by atoms with Crippen molar-refractivity contribution in [3.63, 3.8) is 0 Å². The Morgan fingerprint density at radius 1 is 0.839 bits per heavy atom. The summed E-state index contributed by atoms with van der Waals surface area (Å²) in [4.78, 5) is 116. The maximum atomic E-state index is 14.1. The summed E-state index contributed by atoms with van der Waals surface area (Å²) >= 11 is 0. The van der Waals surface area contributed by atoms with Gasteiger partial charge in [-0.25, -0.2) is 9.59 Å². The predicted molar refractivity (Wildman–Crippen MR) is 317 cm³/mol. The third kappa shape index (κ3) is 13.6. The highest BCUT2D eigenvalue weighted by Crippen LogP contribution is 2.70. The molecule has 4 fully saturated rings. The molecule has 2 heterocycles. The molecule has 87 heavy (non-hydrogen) atoms. The number of benzene rings is 3. The summed E-state index contributed by atoms with van der Waals surface area (Å²) in [6.07, 6.45) is 9.25. The van der Waals surface area contributed by atoms with Gasteiger partial charge in [0.25, 0.3) is 11.8 Å². The van der Waals surface area contributed by atoms with E-state index in [4.69, 9.17) is 19.9 Å². The van der Waals surface area contributed by atoms with Crippen LogP contribution < -0.4 is 32.3 Å². The summed E-state index contributed by atoms with van der Waals surface area (Å²) in [5.41, 5.74) is 7.57. The van der Waals surface area contributed by atoms with Gasteiger partial charge in [-0.3, -0.25) is 43.8 Å². The number of nitrogens with two attached hydrogens (primary N) is 1. The van der Waals surface area contributed by atoms with Crippen LogP contribution in [0.3, 0.4) is 0 Å². The van der Waals surface area contributed by atoms with Crippen molar-refractivity contribution in [2.75, 3.05) is 30.3 Å². The summed E-state index contributed by atoms with van der Waals surface area (Å²) in [5, 5.41) is 46.2. The lowest BCUT2D eigenvalue weighted by molar-refractivity contribution is -0.201. The van der Waals surface area contributed by atoms with Gasteiger partial charge in [0.2, 0.25) is 17.7 Å². The van der Waals surface area contributed by atoms with E-state index in [-0.39, 0.29) is 99.2 Å². The molecule has 2 aliphatic heterocycles. The average Bonchev–Trinajstić information content (AvgIpc) is 1.64. The zero-order valence-corrected chi connectivity index (χ0v) is 49.5. The molecule has 0 unspecified atom stereocenters. The molecule has 0 aromatic heterocycles. The highest BCUT2D eigenvalue weighted by Gasteiger charge is 2.76. The van der Waals surface area contributed by atoms with Gasteiger partial charge in [-0.15, -0.1) is 0 Å². The Morgan fingerprint density at radius 3 is 2.24 bits per heavy atom. The van der Waals surface area contributed by atoms with Gasteiger partial charge in [-0.1, -0.05) is 94.3 Å². The fourth-order valence-corrected chi connectivity index (χ4v) is 14.3. The molecule has 3 aromatic carbocycles. The number of hydrogen-bond donors (Lipinski definition) is 9. The van der Waals surface area contributed by atoms with Gasteiger partial charge >= 0.3 is 12.1 Å². The number of unbranched alkanes of at least 4 members (excludes halogenated alkanes) is 2. The Balaban J connectivity index is 0.763. The summed E-state index contributed by atoms with van der Waals surface area (Å²) < 4.78 is 19.0. The number of primary amides is 1. The number of carbonyl (C=O) groups is 9. The van der Waals surface area contributed by atoms with E-state index in [1.165, 1.54) is 12.2 Å². The topological polar surface area (TPSA) is 331 Å². The van der Waals surface area contributed by atoms with Crippen LogP contribution in [0, 0.1) is 34.5 Å². The van der Waals surface area contributed by atoms with Crippen molar-refractivity contribution in [2.24, 2.45) is 40.2 Å². The number of amides is 8. The number of Topliss-reactive ketones (excluding diaryl/α,β-unsaturated/α-hetero) is 1. The largest absolute Gasteiger partial charge is 0.444 e. The number of imide groups is 1. The van der Waals surface area contributed by atoms with Crippen LogP contribution in [0.4, 0.5) is 21.0 Å². The maximum absolute atomic E-state index is 14.1. The minimum absolute atomic E-state index is 0.0317. The number of urea groups is 1. The first-order chi connectivity index (χ1) is 41.6. The SMILES string of the molecule is CC(C)[C@H](NC(=O)CCCCCN1C(=O)C=CC1=O)C(=O)N[C@@H](CCCNC(N)=O)C(=O)Nc1ccc(COC(=O)Nc2cc(Cc3ccc([C@@H]4O[C@@H]5C[C@H]6[C@@H]7CCC8=CC(=O)C=C[C@]8(C)[C@H]7[C@@H](O)C[C@]6(C)[C@]5(C(=O)CO)O4)cc3)ccc2CO)cc1. The molecule has 22 heteroatoms. The van der Waals surface area contributed by atoms with Crippen molar-refractivity contribution in [1.29, 1.82) is 0 Å². The monoisotopic (exact) mass is 1200 g/mol. The second kappa shape index (κ2) is 27.0. The van der Waals surface area contributed by atoms with Crippen LogP contribution >= 0.6 is 0 Å². The first-order valence-electron chi connectivity index (χ1n) is 30.0. The van der Waals surface area contributed by atoms with Gasteiger partial charge in [0.1, 0.15) is 25.3 Å². The van der Waals surface area contributed by atoms with Crippen LogP contribution in [0.5, 0.6) is 0 Å². The molecule has 3 aromatic rings. The number of nitrogens with zero attached hydrogens (tertiary/aromatic N) is 1. The third-order valence-electron chi connectivity index (χ3n) is 18.7. The number of fused-ring (bicyclic) bond motifs is 7. The molecule has 10 N–H and O–H groups in total. The van der Waals surface area contributed by atoms with E-state index in [9.17, 15) is 58.5 Å². The third-order valence-corrected chi connectivity index (χ3v) is 18.7. The van der Waals surface area contributed by atoms with E-state index < -0.39 is 83.3 Å². The first kappa shape index (κ1) is 63.6. The highest BCUT2D eigenvalue weighted by molar-refractivity contribution is 6.12. The number of ether oxygens (including phenoxy) is 3. The smallest absolute Gasteiger partial charge is 0.411 e. The fourth-order valence-electron chi connectivity index (χ4n) is 14.3. The van der Waals surface area contributed by atoms with Crippen LogP contribution in [0.2, 0.25) is 0 Å². The Bertz CT molecular complexity index is 3220. The van der Waals surface area contributed by atoms with Crippen LogP contribution in [0.15, 0.2) is 103 Å². The molecule has 0 spiro atoms. The van der Waals surface area contributed by atoms with Gasteiger partial charge in [0.05, 0.1) is 18.8 Å². The first-order valence-corrected chi connectivity index (χ1v) is 30.0. The Hall–Kier alpha value is -7.89. The summed E-state index contributed by atoms with van der Waals surface area (Å²) in [6.45, 7) is 6.73. The summed E-state index contributed by atoms with van der Waals surface area (Å²) in [6, 6.07) is 16.5. The Kier molecular flexibility index (Phi) is 19.8. The van der Waals surface area contributed by atoms with Crippen molar-refractivity contribution in [2.45, 2.75) is 148 Å². The number of nitrogens with one attached hydrogen (secondary N) is 5.